The van der Waals surface area contributed by atoms with Crippen molar-refractivity contribution in [2.45, 2.75) is 43.7 Å². The molecule has 0 aromatic heterocycles. The number of carbonyl (C=O) groups is 1. The number of alkyl halides is 3. The Hall–Kier alpha value is -2.87. The second-order valence-electron chi connectivity index (χ2n) is 10.7. The highest BCUT2D eigenvalue weighted by Gasteiger charge is 2.45. The van der Waals surface area contributed by atoms with Gasteiger partial charge in [-0.05, 0) is 28.8 Å². The monoisotopic (exact) mass is 568 g/mol. The van der Waals surface area contributed by atoms with Crippen LogP contribution in [0, 0.1) is 0 Å². The van der Waals surface area contributed by atoms with Gasteiger partial charge < -0.3 is 15.1 Å². The number of halogens is 3. The Morgan fingerprint density at radius 1 is 1.16 bits per heavy atom. The van der Waals surface area contributed by atoms with Crippen LogP contribution in [0.4, 0.5) is 13.2 Å². The summed E-state index contributed by atoms with van der Waals surface area (Å²) in [7, 11) is -5.17. The van der Waals surface area contributed by atoms with Gasteiger partial charge in [0.2, 0.25) is 10.0 Å². The Balaban J connectivity index is 1.72. The summed E-state index contributed by atoms with van der Waals surface area (Å²) in [5.41, 5.74) is 5.48. The summed E-state index contributed by atoms with van der Waals surface area (Å²) in [6, 6.07) is 6.55. The number of nitrogens with two attached hydrogens (primary N) is 1. The van der Waals surface area contributed by atoms with Crippen LogP contribution in [0.1, 0.15) is 11.1 Å². The van der Waals surface area contributed by atoms with E-state index in [1.54, 1.807) is 47.5 Å². The van der Waals surface area contributed by atoms with Crippen LogP contribution >= 0.6 is 0 Å². The van der Waals surface area contributed by atoms with Crippen LogP contribution in [0.2, 0.25) is 25.7 Å². The maximum Gasteiger partial charge on any atom is 0.406 e. The Kier molecular flexibility index (Phi) is 7.67. The molecule has 1 aromatic rings. The van der Waals surface area contributed by atoms with E-state index >= 15 is 0 Å². The molecule has 13 heteroatoms. The standard InChI is InChI=1S/C25H31F3N4O4SSi/c1-38(2,3)11-10-36-16-32-23-20-9-8-17(19-7-5-4-6-18(19)14-37(29,34)35)12-22(20)31(15-25(26,27)28)24(33)21(23)13-30-32/h4-9,12-13,22,30H,10-11,14-16H2,1-3H3,(H2,29,34,35). The fourth-order valence-corrected chi connectivity index (χ4v) is 6.01. The van der Waals surface area contributed by atoms with Crippen molar-refractivity contribution in [3.8, 4) is 0 Å². The Morgan fingerprint density at radius 2 is 1.87 bits per heavy atom. The third-order valence-corrected chi connectivity index (χ3v) is 8.76. The van der Waals surface area contributed by atoms with Crippen molar-refractivity contribution in [3.05, 3.63) is 76.7 Å². The number of allylic oxidation sites excluding steroid dienone is 2. The number of primary sulfonamides is 1. The van der Waals surface area contributed by atoms with E-state index in [0.717, 1.165) is 10.9 Å². The van der Waals surface area contributed by atoms with Gasteiger partial charge in [-0.2, -0.15) is 13.2 Å². The number of sulfonamides is 1. The van der Waals surface area contributed by atoms with Gasteiger partial charge in [-0.15, -0.1) is 0 Å². The number of nitrogens with zero attached hydrogens (tertiary/aromatic N) is 2. The zero-order valence-electron chi connectivity index (χ0n) is 21.4. The molecule has 3 N–H and O–H groups in total. The number of benzene rings is 1. The molecule has 0 saturated carbocycles. The maximum atomic E-state index is 13.6. The number of rotatable bonds is 9. The topological polar surface area (TPSA) is 105 Å². The third-order valence-electron chi connectivity index (χ3n) is 6.34. The van der Waals surface area contributed by atoms with E-state index in [-0.39, 0.29) is 12.3 Å². The van der Waals surface area contributed by atoms with Crippen molar-refractivity contribution < 1.29 is 31.1 Å². The van der Waals surface area contributed by atoms with Crippen LogP contribution < -0.4 is 10.6 Å². The zero-order chi connectivity index (χ0) is 27.9. The molecule has 0 saturated heterocycles. The second kappa shape index (κ2) is 10.4. The summed E-state index contributed by atoms with van der Waals surface area (Å²) in [5.74, 6) is -1.19. The number of carbonyl (C=O) groups excluding carboxylic acids is 1. The van der Waals surface area contributed by atoms with E-state index in [9.17, 15) is 26.4 Å². The molecule has 3 aliphatic rings. The molecule has 1 amide bonds. The number of amides is 1. The Labute approximate surface area is 221 Å². The molecule has 0 bridgehead atoms. The van der Waals surface area contributed by atoms with Crippen LogP contribution in [-0.4, -0.2) is 64.4 Å². The number of nitrogens with one attached hydrogen (secondary N) is 1. The molecule has 1 aromatic carbocycles. The molecule has 206 valence electrons. The SMILES string of the molecule is C[Si](C)(C)CCOCN1NC=C2C(=O)N(CC(F)(F)F)C3C=C(c4ccccc4CS(N)(=O)=O)C=CC3=C21. The fraction of sp³-hybridized carbons (Fsp3) is 0.400. The van der Waals surface area contributed by atoms with Gasteiger partial charge in [0.1, 0.15) is 13.3 Å². The van der Waals surface area contributed by atoms with E-state index < -0.39 is 48.5 Å². The highest BCUT2D eigenvalue weighted by molar-refractivity contribution is 7.88. The summed E-state index contributed by atoms with van der Waals surface area (Å²) in [4.78, 5) is 14.1. The first kappa shape index (κ1) is 28.1. The summed E-state index contributed by atoms with van der Waals surface area (Å²) < 4.78 is 70.1. The molecule has 4 rings (SSSR count). The first-order valence-corrected chi connectivity index (χ1v) is 17.5. The van der Waals surface area contributed by atoms with Crippen LogP contribution in [0.3, 0.4) is 0 Å². The fourth-order valence-electron chi connectivity index (χ4n) is 4.57. The van der Waals surface area contributed by atoms with Crippen molar-refractivity contribution >= 4 is 29.6 Å². The average molecular weight is 569 g/mol. The molecule has 1 unspecified atom stereocenters. The molecule has 1 aliphatic carbocycles. The summed E-state index contributed by atoms with van der Waals surface area (Å²) in [5, 5.41) is 6.88. The first-order valence-electron chi connectivity index (χ1n) is 12.1. The quantitative estimate of drug-likeness (QED) is 0.349. The molecule has 2 aliphatic heterocycles. The van der Waals surface area contributed by atoms with Gasteiger partial charge in [0.25, 0.3) is 5.91 Å². The smallest absolute Gasteiger partial charge is 0.360 e. The van der Waals surface area contributed by atoms with E-state index in [1.165, 1.54) is 6.20 Å². The van der Waals surface area contributed by atoms with Gasteiger partial charge in [0.15, 0.2) is 0 Å². The molecular weight excluding hydrogens is 537 g/mol. The lowest BCUT2D eigenvalue weighted by Crippen LogP contribution is -2.50. The molecule has 0 radical (unpaired) electrons. The number of fused-ring (bicyclic) bond motifs is 2. The molecule has 38 heavy (non-hydrogen) atoms. The van der Waals surface area contributed by atoms with Crippen LogP contribution in [-0.2, 0) is 25.3 Å². The molecule has 8 nitrogen and oxygen atoms in total. The van der Waals surface area contributed by atoms with E-state index in [0.29, 0.717) is 34.6 Å². The maximum absolute atomic E-state index is 13.6. The normalized spacial score (nSPS) is 19.8. The molecule has 0 fully saturated rings. The van der Waals surface area contributed by atoms with Crippen molar-refractivity contribution in [2.75, 3.05) is 19.9 Å². The third kappa shape index (κ3) is 6.57. The second-order valence-corrected chi connectivity index (χ2v) is 17.9. The number of ether oxygens (including phenoxy) is 1. The number of hydrogen-bond acceptors (Lipinski definition) is 6. The van der Waals surface area contributed by atoms with E-state index in [4.69, 9.17) is 9.88 Å². The number of hydrazine groups is 1. The number of hydrogen-bond donors (Lipinski definition) is 2. The van der Waals surface area contributed by atoms with Crippen molar-refractivity contribution in [3.63, 3.8) is 0 Å². The first-order chi connectivity index (χ1) is 17.6. The van der Waals surface area contributed by atoms with Gasteiger partial charge in [0, 0.05) is 26.5 Å². The zero-order valence-corrected chi connectivity index (χ0v) is 23.2. The predicted molar refractivity (Wildman–Crippen MR) is 141 cm³/mol. The lowest BCUT2D eigenvalue weighted by Gasteiger charge is -2.39. The Morgan fingerprint density at radius 3 is 2.53 bits per heavy atom. The lowest BCUT2D eigenvalue weighted by molar-refractivity contribution is -0.161. The van der Waals surface area contributed by atoms with Gasteiger partial charge in [-0.3, -0.25) is 9.80 Å². The van der Waals surface area contributed by atoms with Crippen LogP contribution in [0.25, 0.3) is 5.57 Å². The molecule has 0 spiro atoms. The minimum absolute atomic E-state index is 0.115. The van der Waals surface area contributed by atoms with Crippen molar-refractivity contribution in [1.82, 2.24) is 15.3 Å². The highest BCUT2D eigenvalue weighted by atomic mass is 32.2. The Bertz CT molecular complexity index is 1350. The van der Waals surface area contributed by atoms with Gasteiger partial charge in [-0.25, -0.2) is 13.6 Å². The van der Waals surface area contributed by atoms with E-state index in [1.807, 2.05) is 0 Å². The van der Waals surface area contributed by atoms with Gasteiger partial charge >= 0.3 is 6.18 Å². The van der Waals surface area contributed by atoms with E-state index in [2.05, 4.69) is 25.1 Å². The molecule has 2 heterocycles. The summed E-state index contributed by atoms with van der Waals surface area (Å²) in [6.07, 6.45) is 1.73. The summed E-state index contributed by atoms with van der Waals surface area (Å²) in [6.45, 7) is 5.90. The van der Waals surface area contributed by atoms with Crippen LogP contribution in [0.15, 0.2) is 65.5 Å². The summed E-state index contributed by atoms with van der Waals surface area (Å²) >= 11 is 0. The van der Waals surface area contributed by atoms with Crippen LogP contribution in [0.5, 0.6) is 0 Å². The molecule has 1 atom stereocenters. The minimum Gasteiger partial charge on any atom is -0.360 e. The van der Waals surface area contributed by atoms with Gasteiger partial charge in [-0.1, -0.05) is 56.1 Å². The van der Waals surface area contributed by atoms with Crippen molar-refractivity contribution in [1.29, 1.82) is 0 Å². The van der Waals surface area contributed by atoms with Crippen molar-refractivity contribution in [2.24, 2.45) is 5.14 Å². The average Bonchev–Trinajstić information content (AvgIpc) is 3.21. The minimum atomic E-state index is -4.62. The highest BCUT2D eigenvalue weighted by Crippen LogP contribution is 2.40. The van der Waals surface area contributed by atoms with Gasteiger partial charge in [0.05, 0.1) is 23.1 Å². The largest absolute Gasteiger partial charge is 0.406 e. The molecular formula is C25H31F3N4O4SSi. The predicted octanol–water partition coefficient (Wildman–Crippen LogP) is 3.47. The lowest BCUT2D eigenvalue weighted by atomic mass is 9.85.